The minimum absolute atomic E-state index is 0.105. The van der Waals surface area contributed by atoms with Crippen molar-refractivity contribution < 1.29 is 0 Å². The summed E-state index contributed by atoms with van der Waals surface area (Å²) in [6, 6.07) is 4.76. The molecule has 2 N–H and O–H groups in total. The Labute approximate surface area is 121 Å². The summed E-state index contributed by atoms with van der Waals surface area (Å²) in [5, 5.41) is 4.63. The van der Waals surface area contributed by atoms with Gasteiger partial charge in [-0.1, -0.05) is 20.8 Å². The van der Waals surface area contributed by atoms with Crippen LogP contribution < -0.4 is 5.73 Å². The fraction of sp³-hybridized carbons (Fsp3) is 0.562. The standard InChI is InChI=1S/C16H26N4/c1-5-13(4)20-9-7-15(18-20)11-19-8-6-14(10-19)16(17)12(2)3/h6-10,12-13,16H,5,11,17H2,1-4H3. The van der Waals surface area contributed by atoms with Crippen molar-refractivity contribution in [2.75, 3.05) is 0 Å². The van der Waals surface area contributed by atoms with Gasteiger partial charge in [0.2, 0.25) is 0 Å². The van der Waals surface area contributed by atoms with Crippen LogP contribution in [0.3, 0.4) is 0 Å². The quantitative estimate of drug-likeness (QED) is 0.878. The van der Waals surface area contributed by atoms with Crippen LogP contribution in [0.5, 0.6) is 0 Å². The van der Waals surface area contributed by atoms with Crippen LogP contribution in [-0.4, -0.2) is 14.3 Å². The van der Waals surface area contributed by atoms with Crippen LogP contribution in [0, 0.1) is 5.92 Å². The molecular weight excluding hydrogens is 248 g/mol. The van der Waals surface area contributed by atoms with Gasteiger partial charge in [-0.15, -0.1) is 0 Å². The summed E-state index contributed by atoms with van der Waals surface area (Å²) in [5.41, 5.74) is 8.46. The van der Waals surface area contributed by atoms with Crippen molar-refractivity contribution in [3.63, 3.8) is 0 Å². The molecule has 0 spiro atoms. The second kappa shape index (κ2) is 6.27. The van der Waals surface area contributed by atoms with Gasteiger partial charge in [0.15, 0.2) is 0 Å². The lowest BCUT2D eigenvalue weighted by Gasteiger charge is -2.13. The topological polar surface area (TPSA) is 48.8 Å². The van der Waals surface area contributed by atoms with E-state index < -0.39 is 0 Å². The van der Waals surface area contributed by atoms with Gasteiger partial charge in [-0.25, -0.2) is 0 Å². The van der Waals surface area contributed by atoms with E-state index in [1.165, 1.54) is 5.56 Å². The molecule has 0 radical (unpaired) electrons. The van der Waals surface area contributed by atoms with Crippen LogP contribution in [0.1, 0.15) is 57.5 Å². The highest BCUT2D eigenvalue weighted by Gasteiger charge is 2.12. The molecular formula is C16H26N4. The summed E-state index contributed by atoms with van der Waals surface area (Å²) in [7, 11) is 0. The Morgan fingerprint density at radius 2 is 1.95 bits per heavy atom. The maximum absolute atomic E-state index is 6.17. The molecule has 2 rings (SSSR count). The molecule has 0 saturated carbocycles. The monoisotopic (exact) mass is 274 g/mol. The Balaban J connectivity index is 2.05. The zero-order valence-electron chi connectivity index (χ0n) is 13.0. The van der Waals surface area contributed by atoms with Crippen molar-refractivity contribution >= 4 is 0 Å². The van der Waals surface area contributed by atoms with Crippen molar-refractivity contribution in [1.29, 1.82) is 0 Å². The molecule has 0 fully saturated rings. The van der Waals surface area contributed by atoms with E-state index in [9.17, 15) is 0 Å². The van der Waals surface area contributed by atoms with E-state index in [1.54, 1.807) is 0 Å². The highest BCUT2D eigenvalue weighted by atomic mass is 15.3. The molecule has 2 unspecified atom stereocenters. The lowest BCUT2D eigenvalue weighted by molar-refractivity contribution is 0.472. The molecule has 4 heteroatoms. The molecule has 2 aromatic rings. The summed E-state index contributed by atoms with van der Waals surface area (Å²) >= 11 is 0. The first-order valence-corrected chi connectivity index (χ1v) is 7.46. The third-order valence-corrected chi connectivity index (χ3v) is 3.93. The number of aromatic nitrogens is 3. The summed E-state index contributed by atoms with van der Waals surface area (Å²) in [4.78, 5) is 0. The summed E-state index contributed by atoms with van der Waals surface area (Å²) in [5.74, 6) is 0.454. The van der Waals surface area contributed by atoms with Crippen molar-refractivity contribution in [1.82, 2.24) is 14.3 Å². The average molecular weight is 274 g/mol. The van der Waals surface area contributed by atoms with Gasteiger partial charge < -0.3 is 10.3 Å². The van der Waals surface area contributed by atoms with Crippen LogP contribution in [-0.2, 0) is 6.54 Å². The Kier molecular flexibility index (Phi) is 4.65. The average Bonchev–Trinajstić information content (AvgIpc) is 3.06. The summed E-state index contributed by atoms with van der Waals surface area (Å²) in [6.45, 7) is 9.46. The second-order valence-corrected chi connectivity index (χ2v) is 5.93. The van der Waals surface area contributed by atoms with Crippen LogP contribution in [0.15, 0.2) is 30.7 Å². The Morgan fingerprint density at radius 3 is 2.60 bits per heavy atom. The molecule has 0 saturated heterocycles. The normalized spacial score (nSPS) is 14.7. The molecule has 0 bridgehead atoms. The molecule has 0 aliphatic rings. The smallest absolute Gasteiger partial charge is 0.0821 e. The molecule has 2 aromatic heterocycles. The molecule has 20 heavy (non-hydrogen) atoms. The Hall–Kier alpha value is -1.55. The van der Waals surface area contributed by atoms with Gasteiger partial charge in [0, 0.05) is 30.7 Å². The van der Waals surface area contributed by atoms with E-state index in [0.29, 0.717) is 12.0 Å². The first-order valence-electron chi connectivity index (χ1n) is 7.46. The third kappa shape index (κ3) is 3.31. The van der Waals surface area contributed by atoms with Crippen LogP contribution in [0.4, 0.5) is 0 Å². The van der Waals surface area contributed by atoms with E-state index in [0.717, 1.165) is 18.7 Å². The Morgan fingerprint density at radius 1 is 1.20 bits per heavy atom. The molecule has 0 aromatic carbocycles. The molecule has 0 amide bonds. The van der Waals surface area contributed by atoms with E-state index >= 15 is 0 Å². The molecule has 0 aliphatic carbocycles. The van der Waals surface area contributed by atoms with E-state index in [1.807, 2.05) is 4.68 Å². The number of hydrogen-bond acceptors (Lipinski definition) is 2. The fourth-order valence-corrected chi connectivity index (χ4v) is 2.22. The van der Waals surface area contributed by atoms with Gasteiger partial charge in [0.25, 0.3) is 0 Å². The fourth-order valence-electron chi connectivity index (χ4n) is 2.22. The predicted octanol–water partition coefficient (Wildman–Crippen LogP) is 3.36. The van der Waals surface area contributed by atoms with Crippen molar-refractivity contribution in [3.8, 4) is 0 Å². The number of hydrogen-bond donors (Lipinski definition) is 1. The first kappa shape index (κ1) is 14.9. The number of nitrogens with zero attached hydrogens (tertiary/aromatic N) is 3. The van der Waals surface area contributed by atoms with E-state index in [2.05, 4.69) is 68.1 Å². The summed E-state index contributed by atoms with van der Waals surface area (Å²) < 4.78 is 4.19. The maximum Gasteiger partial charge on any atom is 0.0821 e. The van der Waals surface area contributed by atoms with Crippen LogP contribution >= 0.6 is 0 Å². The van der Waals surface area contributed by atoms with Gasteiger partial charge in [-0.05, 0) is 37.0 Å². The summed E-state index contributed by atoms with van der Waals surface area (Å²) in [6.07, 6.45) is 7.37. The molecule has 0 aliphatic heterocycles. The molecule has 4 nitrogen and oxygen atoms in total. The predicted molar refractivity (Wildman–Crippen MR) is 82.5 cm³/mol. The van der Waals surface area contributed by atoms with Gasteiger partial charge in [-0.2, -0.15) is 5.10 Å². The highest BCUT2D eigenvalue weighted by Crippen LogP contribution is 2.19. The lowest BCUT2D eigenvalue weighted by Crippen LogP contribution is -2.16. The number of nitrogens with two attached hydrogens (primary N) is 1. The Bertz CT molecular complexity index is 538. The van der Waals surface area contributed by atoms with Gasteiger partial charge >= 0.3 is 0 Å². The third-order valence-electron chi connectivity index (χ3n) is 3.93. The van der Waals surface area contributed by atoms with Gasteiger partial charge in [0.1, 0.15) is 0 Å². The largest absolute Gasteiger partial charge is 0.348 e. The van der Waals surface area contributed by atoms with Gasteiger partial charge in [-0.3, -0.25) is 4.68 Å². The first-order chi connectivity index (χ1) is 9.51. The molecule has 2 atom stereocenters. The van der Waals surface area contributed by atoms with Crippen molar-refractivity contribution in [2.45, 2.75) is 52.7 Å². The van der Waals surface area contributed by atoms with Crippen molar-refractivity contribution in [3.05, 3.63) is 42.0 Å². The van der Waals surface area contributed by atoms with Crippen LogP contribution in [0.2, 0.25) is 0 Å². The van der Waals surface area contributed by atoms with E-state index in [-0.39, 0.29) is 6.04 Å². The van der Waals surface area contributed by atoms with Crippen molar-refractivity contribution in [2.24, 2.45) is 11.7 Å². The minimum atomic E-state index is 0.105. The SMILES string of the molecule is CCC(C)n1ccc(Cn2ccc(C(N)C(C)C)c2)n1. The molecule has 110 valence electrons. The highest BCUT2D eigenvalue weighted by molar-refractivity contribution is 5.16. The molecule has 2 heterocycles. The zero-order valence-corrected chi connectivity index (χ0v) is 13.0. The second-order valence-electron chi connectivity index (χ2n) is 5.93. The van der Waals surface area contributed by atoms with Crippen LogP contribution in [0.25, 0.3) is 0 Å². The number of rotatable bonds is 6. The minimum Gasteiger partial charge on any atom is -0.348 e. The lowest BCUT2D eigenvalue weighted by atomic mass is 10.00. The van der Waals surface area contributed by atoms with E-state index in [4.69, 9.17) is 5.73 Å². The zero-order chi connectivity index (χ0) is 14.7. The maximum atomic E-state index is 6.17. The van der Waals surface area contributed by atoms with Gasteiger partial charge in [0.05, 0.1) is 12.2 Å².